The summed E-state index contributed by atoms with van der Waals surface area (Å²) in [5.41, 5.74) is 6.16. The van der Waals surface area contributed by atoms with Gasteiger partial charge in [-0.3, -0.25) is 4.90 Å². The summed E-state index contributed by atoms with van der Waals surface area (Å²) in [5, 5.41) is 8.85. The van der Waals surface area contributed by atoms with Crippen LogP contribution in [0.1, 0.15) is 39.0 Å². The molecule has 0 heterocycles. The van der Waals surface area contributed by atoms with Gasteiger partial charge in [-0.2, -0.15) is 0 Å². The summed E-state index contributed by atoms with van der Waals surface area (Å²) in [6, 6.07) is 0. The minimum atomic E-state index is 0.210. The topological polar surface area (TPSA) is 49.5 Å². The highest BCUT2D eigenvalue weighted by Gasteiger charge is 2.35. The zero-order valence-corrected chi connectivity index (χ0v) is 10.2. The minimum Gasteiger partial charge on any atom is -0.396 e. The normalized spacial score (nSPS) is 32.2. The zero-order valence-electron chi connectivity index (χ0n) is 10.2. The molecular weight excluding hydrogens is 188 g/mol. The Morgan fingerprint density at radius 2 is 2.00 bits per heavy atom. The van der Waals surface area contributed by atoms with Gasteiger partial charge in [-0.15, -0.1) is 0 Å². The van der Waals surface area contributed by atoms with Crippen LogP contribution in [0.25, 0.3) is 0 Å². The number of likely N-dealkylation sites (N-methyl/N-ethyl adjacent to an activating group) is 1. The molecule has 3 N–H and O–H groups in total. The molecule has 0 aromatic heterocycles. The molecule has 1 rings (SSSR count). The van der Waals surface area contributed by atoms with E-state index in [2.05, 4.69) is 18.9 Å². The van der Waals surface area contributed by atoms with Crippen LogP contribution in [0.4, 0.5) is 0 Å². The molecule has 0 aromatic carbocycles. The lowest BCUT2D eigenvalue weighted by atomic mass is 9.76. The molecule has 0 radical (unpaired) electrons. The molecule has 1 aliphatic carbocycles. The first kappa shape index (κ1) is 12.9. The van der Waals surface area contributed by atoms with E-state index < -0.39 is 0 Å². The van der Waals surface area contributed by atoms with Gasteiger partial charge >= 0.3 is 0 Å². The van der Waals surface area contributed by atoms with E-state index in [9.17, 15) is 0 Å². The van der Waals surface area contributed by atoms with Crippen molar-refractivity contribution in [2.45, 2.75) is 44.6 Å². The fourth-order valence-corrected chi connectivity index (χ4v) is 2.59. The van der Waals surface area contributed by atoms with Gasteiger partial charge in [-0.25, -0.2) is 0 Å². The van der Waals surface area contributed by atoms with Crippen LogP contribution >= 0.6 is 0 Å². The third-order valence-corrected chi connectivity index (χ3v) is 4.05. The van der Waals surface area contributed by atoms with Gasteiger partial charge in [0.1, 0.15) is 0 Å². The molecular formula is C12H26N2O. The van der Waals surface area contributed by atoms with Crippen LogP contribution in [0.5, 0.6) is 0 Å². The van der Waals surface area contributed by atoms with E-state index in [1.54, 1.807) is 0 Å². The van der Waals surface area contributed by atoms with E-state index in [-0.39, 0.29) is 12.1 Å². The lowest BCUT2D eigenvalue weighted by Gasteiger charge is -2.45. The van der Waals surface area contributed by atoms with Crippen molar-refractivity contribution in [1.82, 2.24) is 4.90 Å². The van der Waals surface area contributed by atoms with E-state index in [1.807, 2.05) is 0 Å². The molecule has 0 spiro atoms. The molecule has 90 valence electrons. The van der Waals surface area contributed by atoms with Crippen LogP contribution in [0, 0.1) is 5.92 Å². The quantitative estimate of drug-likeness (QED) is 0.723. The van der Waals surface area contributed by atoms with E-state index in [0.717, 1.165) is 25.4 Å². The van der Waals surface area contributed by atoms with Crippen LogP contribution in [-0.4, -0.2) is 42.3 Å². The lowest BCUT2D eigenvalue weighted by Crippen LogP contribution is -2.54. The first-order valence-electron chi connectivity index (χ1n) is 6.17. The van der Waals surface area contributed by atoms with Crippen molar-refractivity contribution in [3.8, 4) is 0 Å². The van der Waals surface area contributed by atoms with E-state index in [1.165, 1.54) is 25.7 Å². The van der Waals surface area contributed by atoms with Gasteiger partial charge in [-0.05, 0) is 45.1 Å². The van der Waals surface area contributed by atoms with Crippen molar-refractivity contribution in [2.75, 3.05) is 26.7 Å². The second-order valence-corrected chi connectivity index (χ2v) is 5.11. The zero-order chi connectivity index (χ0) is 11.3. The van der Waals surface area contributed by atoms with Crippen molar-refractivity contribution in [3.63, 3.8) is 0 Å². The second kappa shape index (κ2) is 5.83. The highest BCUT2D eigenvalue weighted by atomic mass is 16.3. The summed E-state index contributed by atoms with van der Waals surface area (Å²) in [5.74, 6) is 0.857. The van der Waals surface area contributed by atoms with Crippen LogP contribution in [0.3, 0.4) is 0 Å². The standard InChI is InChI=1S/C12H26N2O/c1-11-4-6-12(10-13,7-5-11)14(2)8-3-9-15/h11,15H,3-10,13H2,1-2H3. The maximum Gasteiger partial charge on any atom is 0.0443 e. The molecule has 0 saturated heterocycles. The Labute approximate surface area is 93.6 Å². The van der Waals surface area contributed by atoms with E-state index in [0.29, 0.717) is 0 Å². The van der Waals surface area contributed by atoms with Crippen LogP contribution < -0.4 is 5.73 Å². The van der Waals surface area contributed by atoms with Crippen molar-refractivity contribution in [2.24, 2.45) is 11.7 Å². The third kappa shape index (κ3) is 3.16. The van der Waals surface area contributed by atoms with E-state index >= 15 is 0 Å². The third-order valence-electron chi connectivity index (χ3n) is 4.05. The smallest absolute Gasteiger partial charge is 0.0443 e. The van der Waals surface area contributed by atoms with Gasteiger partial charge in [0, 0.05) is 25.2 Å². The predicted molar refractivity (Wildman–Crippen MR) is 63.8 cm³/mol. The number of hydrogen-bond donors (Lipinski definition) is 2. The van der Waals surface area contributed by atoms with E-state index in [4.69, 9.17) is 10.8 Å². The maximum absolute atomic E-state index is 8.85. The highest BCUT2D eigenvalue weighted by Crippen LogP contribution is 2.35. The summed E-state index contributed by atoms with van der Waals surface area (Å²) < 4.78 is 0. The summed E-state index contributed by atoms with van der Waals surface area (Å²) in [6.45, 7) is 4.32. The molecule has 3 nitrogen and oxygen atoms in total. The summed E-state index contributed by atoms with van der Waals surface area (Å²) in [4.78, 5) is 2.37. The SMILES string of the molecule is CC1CCC(CN)(N(C)CCCO)CC1. The Kier molecular flexibility index (Phi) is 5.03. The first-order valence-corrected chi connectivity index (χ1v) is 6.17. The molecule has 0 aromatic rings. The summed E-state index contributed by atoms with van der Waals surface area (Å²) in [6.07, 6.45) is 5.87. The Bertz CT molecular complexity index is 176. The molecule has 1 fully saturated rings. The second-order valence-electron chi connectivity index (χ2n) is 5.11. The van der Waals surface area contributed by atoms with Gasteiger partial charge in [0.05, 0.1) is 0 Å². The average Bonchev–Trinajstić information content (AvgIpc) is 2.27. The molecule has 3 heteroatoms. The Hall–Kier alpha value is -0.120. The molecule has 15 heavy (non-hydrogen) atoms. The molecule has 0 bridgehead atoms. The van der Waals surface area contributed by atoms with Gasteiger partial charge in [0.25, 0.3) is 0 Å². The van der Waals surface area contributed by atoms with Gasteiger partial charge in [-0.1, -0.05) is 6.92 Å². The van der Waals surface area contributed by atoms with Crippen LogP contribution in [0.2, 0.25) is 0 Å². The van der Waals surface area contributed by atoms with Crippen LogP contribution in [0.15, 0.2) is 0 Å². The van der Waals surface area contributed by atoms with Gasteiger partial charge in [0.15, 0.2) is 0 Å². The lowest BCUT2D eigenvalue weighted by molar-refractivity contribution is 0.0625. The summed E-state index contributed by atoms with van der Waals surface area (Å²) in [7, 11) is 2.15. The minimum absolute atomic E-state index is 0.210. The first-order chi connectivity index (χ1) is 7.14. The Morgan fingerprint density at radius 3 is 2.47 bits per heavy atom. The molecule has 1 saturated carbocycles. The number of hydrogen-bond acceptors (Lipinski definition) is 3. The number of nitrogens with zero attached hydrogens (tertiary/aromatic N) is 1. The molecule has 0 amide bonds. The molecule has 0 atom stereocenters. The fourth-order valence-electron chi connectivity index (χ4n) is 2.59. The number of aliphatic hydroxyl groups excluding tert-OH is 1. The number of aliphatic hydroxyl groups is 1. The number of rotatable bonds is 5. The molecule has 0 aliphatic heterocycles. The summed E-state index contributed by atoms with van der Waals surface area (Å²) >= 11 is 0. The maximum atomic E-state index is 8.85. The van der Waals surface area contributed by atoms with Crippen molar-refractivity contribution in [3.05, 3.63) is 0 Å². The average molecular weight is 214 g/mol. The van der Waals surface area contributed by atoms with Crippen molar-refractivity contribution >= 4 is 0 Å². The Balaban J connectivity index is 2.51. The molecule has 0 unspecified atom stereocenters. The van der Waals surface area contributed by atoms with Crippen molar-refractivity contribution in [1.29, 1.82) is 0 Å². The fraction of sp³-hybridized carbons (Fsp3) is 1.00. The van der Waals surface area contributed by atoms with Gasteiger partial charge in [0.2, 0.25) is 0 Å². The molecule has 1 aliphatic rings. The van der Waals surface area contributed by atoms with Crippen LogP contribution in [-0.2, 0) is 0 Å². The number of nitrogens with two attached hydrogens (primary N) is 1. The Morgan fingerprint density at radius 1 is 1.40 bits per heavy atom. The predicted octanol–water partition coefficient (Wildman–Crippen LogP) is 1.21. The van der Waals surface area contributed by atoms with Crippen molar-refractivity contribution < 1.29 is 5.11 Å². The van der Waals surface area contributed by atoms with Gasteiger partial charge < -0.3 is 10.8 Å². The monoisotopic (exact) mass is 214 g/mol. The highest BCUT2D eigenvalue weighted by molar-refractivity contribution is 4.94. The largest absolute Gasteiger partial charge is 0.396 e.